The number of pyridine rings is 1. The summed E-state index contributed by atoms with van der Waals surface area (Å²) in [4.78, 5) is 6.55. The number of aromatic hydroxyl groups is 1. The Balaban J connectivity index is 2.58. The number of phenols is 1. The molecule has 0 fully saturated rings. The first kappa shape index (κ1) is 14.3. The molecule has 0 spiro atoms. The first-order valence-electron chi connectivity index (χ1n) is 6.36. The first-order chi connectivity index (χ1) is 9.54. The summed E-state index contributed by atoms with van der Waals surface area (Å²) in [6.07, 6.45) is 1.67. The summed E-state index contributed by atoms with van der Waals surface area (Å²) in [6, 6.07) is 9.05. The maximum absolute atomic E-state index is 9.71. The molecular weight excluding hydrogens is 270 g/mol. The predicted octanol–water partition coefficient (Wildman–Crippen LogP) is 2.89. The molecule has 4 nitrogen and oxygen atoms in total. The molecule has 0 saturated heterocycles. The SMILES string of the molecule is CCN(c1cc(O)ccc1C)c1cccnc1C(N)=S. The summed E-state index contributed by atoms with van der Waals surface area (Å²) in [5.41, 5.74) is 9.15. The van der Waals surface area contributed by atoms with Crippen LogP contribution in [0.3, 0.4) is 0 Å². The Morgan fingerprint density at radius 2 is 2.10 bits per heavy atom. The van der Waals surface area contributed by atoms with Gasteiger partial charge in [-0.3, -0.25) is 4.98 Å². The third-order valence-electron chi connectivity index (χ3n) is 3.11. The lowest BCUT2D eigenvalue weighted by Gasteiger charge is -2.26. The average molecular weight is 287 g/mol. The Bertz CT molecular complexity index is 643. The molecule has 3 N–H and O–H groups in total. The number of thiocarbonyl (C=S) groups is 1. The molecule has 0 aliphatic carbocycles. The molecule has 0 aliphatic heterocycles. The molecule has 0 saturated carbocycles. The van der Waals surface area contributed by atoms with Gasteiger partial charge in [-0.05, 0) is 37.6 Å². The van der Waals surface area contributed by atoms with E-state index in [4.69, 9.17) is 18.0 Å². The van der Waals surface area contributed by atoms with Crippen LogP contribution in [-0.4, -0.2) is 21.6 Å². The van der Waals surface area contributed by atoms with E-state index in [2.05, 4.69) is 4.98 Å². The quantitative estimate of drug-likeness (QED) is 0.847. The number of nitrogens with two attached hydrogens (primary N) is 1. The fourth-order valence-electron chi connectivity index (χ4n) is 2.16. The van der Waals surface area contributed by atoms with Crippen LogP contribution in [0.25, 0.3) is 0 Å². The largest absolute Gasteiger partial charge is 0.508 e. The van der Waals surface area contributed by atoms with Crippen LogP contribution in [0.4, 0.5) is 11.4 Å². The molecule has 0 unspecified atom stereocenters. The number of aromatic nitrogens is 1. The summed E-state index contributed by atoms with van der Waals surface area (Å²) in [5.74, 6) is 0.227. The van der Waals surface area contributed by atoms with E-state index < -0.39 is 0 Å². The number of anilines is 2. The Morgan fingerprint density at radius 3 is 2.75 bits per heavy atom. The van der Waals surface area contributed by atoms with Crippen molar-refractivity contribution in [3.05, 3.63) is 47.8 Å². The molecule has 0 aliphatic rings. The lowest BCUT2D eigenvalue weighted by Crippen LogP contribution is -2.23. The molecule has 1 aromatic carbocycles. The predicted molar refractivity (Wildman–Crippen MR) is 85.6 cm³/mol. The van der Waals surface area contributed by atoms with Crippen molar-refractivity contribution in [1.29, 1.82) is 0 Å². The molecule has 2 aromatic rings. The Labute approximate surface area is 123 Å². The number of rotatable bonds is 4. The number of aryl methyl sites for hydroxylation is 1. The van der Waals surface area contributed by atoms with Gasteiger partial charge >= 0.3 is 0 Å². The van der Waals surface area contributed by atoms with E-state index in [1.54, 1.807) is 18.3 Å². The normalized spacial score (nSPS) is 10.3. The topological polar surface area (TPSA) is 62.4 Å². The highest BCUT2D eigenvalue weighted by Gasteiger charge is 2.16. The second kappa shape index (κ2) is 5.88. The summed E-state index contributed by atoms with van der Waals surface area (Å²) < 4.78 is 0. The Hall–Kier alpha value is -2.14. The highest BCUT2D eigenvalue weighted by molar-refractivity contribution is 7.80. The fraction of sp³-hybridized carbons (Fsp3) is 0.200. The van der Waals surface area contributed by atoms with Crippen molar-refractivity contribution < 1.29 is 5.11 Å². The van der Waals surface area contributed by atoms with Gasteiger partial charge in [-0.25, -0.2) is 0 Å². The molecule has 0 radical (unpaired) electrons. The molecule has 1 heterocycles. The van der Waals surface area contributed by atoms with Gasteiger partial charge in [0.2, 0.25) is 0 Å². The molecule has 0 bridgehead atoms. The summed E-state index contributed by atoms with van der Waals surface area (Å²) >= 11 is 5.06. The maximum atomic E-state index is 9.71. The number of nitrogens with zero attached hydrogens (tertiary/aromatic N) is 2. The third-order valence-corrected chi connectivity index (χ3v) is 3.30. The van der Waals surface area contributed by atoms with Crippen LogP contribution in [0.2, 0.25) is 0 Å². The molecule has 0 amide bonds. The highest BCUT2D eigenvalue weighted by atomic mass is 32.1. The third kappa shape index (κ3) is 2.72. The minimum Gasteiger partial charge on any atom is -0.508 e. The summed E-state index contributed by atoms with van der Waals surface area (Å²) in [6.45, 7) is 4.74. The van der Waals surface area contributed by atoms with E-state index in [1.807, 2.05) is 36.9 Å². The smallest absolute Gasteiger partial charge is 0.124 e. The monoisotopic (exact) mass is 287 g/mol. The van der Waals surface area contributed by atoms with Gasteiger partial charge in [0.05, 0.1) is 5.69 Å². The molecule has 104 valence electrons. The van der Waals surface area contributed by atoms with Crippen LogP contribution < -0.4 is 10.6 Å². The van der Waals surface area contributed by atoms with Crippen molar-refractivity contribution in [3.63, 3.8) is 0 Å². The van der Waals surface area contributed by atoms with E-state index in [0.717, 1.165) is 16.9 Å². The van der Waals surface area contributed by atoms with Crippen molar-refractivity contribution in [2.75, 3.05) is 11.4 Å². The Kier molecular flexibility index (Phi) is 4.20. The van der Waals surface area contributed by atoms with E-state index in [-0.39, 0.29) is 10.7 Å². The van der Waals surface area contributed by atoms with E-state index in [1.165, 1.54) is 0 Å². The van der Waals surface area contributed by atoms with E-state index >= 15 is 0 Å². The number of phenolic OH excluding ortho intramolecular Hbond substituents is 1. The molecule has 5 heteroatoms. The van der Waals surface area contributed by atoms with Gasteiger partial charge in [-0.2, -0.15) is 0 Å². The zero-order chi connectivity index (χ0) is 14.7. The van der Waals surface area contributed by atoms with Crippen LogP contribution in [0.15, 0.2) is 36.5 Å². The van der Waals surface area contributed by atoms with Crippen molar-refractivity contribution in [2.45, 2.75) is 13.8 Å². The summed E-state index contributed by atoms with van der Waals surface area (Å²) in [7, 11) is 0. The maximum Gasteiger partial charge on any atom is 0.124 e. The van der Waals surface area contributed by atoms with Crippen molar-refractivity contribution >= 4 is 28.6 Å². The van der Waals surface area contributed by atoms with Gasteiger partial charge in [-0.1, -0.05) is 18.3 Å². The van der Waals surface area contributed by atoms with Crippen LogP contribution in [0.5, 0.6) is 5.75 Å². The van der Waals surface area contributed by atoms with Gasteiger partial charge in [-0.15, -0.1) is 0 Å². The van der Waals surface area contributed by atoms with Crippen LogP contribution in [-0.2, 0) is 0 Å². The molecule has 1 aromatic heterocycles. The van der Waals surface area contributed by atoms with Crippen LogP contribution >= 0.6 is 12.2 Å². The number of hydrogen-bond donors (Lipinski definition) is 2. The van der Waals surface area contributed by atoms with Crippen LogP contribution in [0, 0.1) is 6.92 Å². The lowest BCUT2D eigenvalue weighted by atomic mass is 10.1. The standard InChI is InChI=1S/C15H17N3OS/c1-3-18(13-9-11(19)7-6-10(13)2)12-5-4-8-17-14(12)15(16)20/h4-9,19H,3H2,1-2H3,(H2,16,20). The second-order valence-corrected chi connectivity index (χ2v) is 4.89. The zero-order valence-electron chi connectivity index (χ0n) is 11.5. The van der Waals surface area contributed by atoms with Gasteiger partial charge < -0.3 is 15.7 Å². The van der Waals surface area contributed by atoms with Crippen molar-refractivity contribution in [3.8, 4) is 5.75 Å². The second-order valence-electron chi connectivity index (χ2n) is 4.45. The highest BCUT2D eigenvalue weighted by Crippen LogP contribution is 2.32. The summed E-state index contributed by atoms with van der Waals surface area (Å²) in [5, 5.41) is 9.71. The first-order valence-corrected chi connectivity index (χ1v) is 6.77. The average Bonchev–Trinajstić information content (AvgIpc) is 2.44. The van der Waals surface area contributed by atoms with Gasteiger partial charge in [0.25, 0.3) is 0 Å². The number of benzene rings is 1. The fourth-order valence-corrected chi connectivity index (χ4v) is 2.32. The van der Waals surface area contributed by atoms with Gasteiger partial charge in [0.15, 0.2) is 0 Å². The minimum absolute atomic E-state index is 0.227. The van der Waals surface area contributed by atoms with E-state index in [0.29, 0.717) is 12.2 Å². The Morgan fingerprint density at radius 1 is 1.35 bits per heavy atom. The van der Waals surface area contributed by atoms with Crippen LogP contribution in [0.1, 0.15) is 18.2 Å². The molecular formula is C15H17N3OS. The van der Waals surface area contributed by atoms with Gasteiger partial charge in [0.1, 0.15) is 16.4 Å². The van der Waals surface area contributed by atoms with E-state index in [9.17, 15) is 5.11 Å². The molecule has 20 heavy (non-hydrogen) atoms. The molecule has 2 rings (SSSR count). The number of hydrogen-bond acceptors (Lipinski definition) is 4. The minimum atomic E-state index is 0.227. The van der Waals surface area contributed by atoms with Crippen molar-refractivity contribution in [1.82, 2.24) is 4.98 Å². The lowest BCUT2D eigenvalue weighted by molar-refractivity contribution is 0.475. The zero-order valence-corrected chi connectivity index (χ0v) is 12.3. The molecule has 0 atom stereocenters. The van der Waals surface area contributed by atoms with Crippen molar-refractivity contribution in [2.24, 2.45) is 5.73 Å². The van der Waals surface area contributed by atoms with Gasteiger partial charge in [0, 0.05) is 24.5 Å².